The van der Waals surface area contributed by atoms with Gasteiger partial charge in [-0.25, -0.2) is 0 Å². The number of rotatable bonds is 5. The van der Waals surface area contributed by atoms with Gasteiger partial charge >= 0.3 is 5.97 Å². The first-order valence-electron chi connectivity index (χ1n) is 6.11. The number of ether oxygens (including phenoxy) is 1. The summed E-state index contributed by atoms with van der Waals surface area (Å²) in [6.45, 7) is 6.71. The molecule has 3 nitrogen and oxygen atoms in total. The highest BCUT2D eigenvalue weighted by molar-refractivity contribution is 5.72. The average molecular weight is 213 g/mol. The molecule has 1 aliphatic heterocycles. The number of carbonyl (C=O) groups excluding carboxylic acids is 1. The number of carbonyl (C=O) groups is 1. The van der Waals surface area contributed by atoms with Crippen LogP contribution in [0.1, 0.15) is 39.5 Å². The van der Waals surface area contributed by atoms with E-state index in [4.69, 9.17) is 4.74 Å². The molecule has 1 N–H and O–H groups in total. The first-order chi connectivity index (χ1) is 7.24. The van der Waals surface area contributed by atoms with Crippen LogP contribution < -0.4 is 5.32 Å². The third-order valence-corrected chi connectivity index (χ3v) is 2.92. The predicted molar refractivity (Wildman–Crippen MR) is 60.6 cm³/mol. The quantitative estimate of drug-likeness (QED) is 0.710. The number of esters is 1. The Kier molecular flexibility index (Phi) is 5.69. The van der Waals surface area contributed by atoms with Crippen LogP contribution in [-0.4, -0.2) is 25.7 Å². The van der Waals surface area contributed by atoms with E-state index in [2.05, 4.69) is 19.2 Å². The van der Waals surface area contributed by atoms with E-state index in [1.54, 1.807) is 0 Å². The summed E-state index contributed by atoms with van der Waals surface area (Å²) in [4.78, 5) is 11.6. The van der Waals surface area contributed by atoms with E-state index >= 15 is 0 Å². The van der Waals surface area contributed by atoms with Crippen molar-refractivity contribution in [2.24, 2.45) is 11.8 Å². The summed E-state index contributed by atoms with van der Waals surface area (Å²) in [5, 5.41) is 3.23. The highest BCUT2D eigenvalue weighted by atomic mass is 16.5. The van der Waals surface area contributed by atoms with Gasteiger partial charge in [0.2, 0.25) is 0 Å². The third-order valence-electron chi connectivity index (χ3n) is 2.92. The van der Waals surface area contributed by atoms with E-state index in [1.165, 1.54) is 0 Å². The lowest BCUT2D eigenvalue weighted by atomic mass is 10.00. The summed E-state index contributed by atoms with van der Waals surface area (Å²) >= 11 is 0. The van der Waals surface area contributed by atoms with Gasteiger partial charge in [-0.2, -0.15) is 0 Å². The van der Waals surface area contributed by atoms with Gasteiger partial charge in [0.25, 0.3) is 0 Å². The van der Waals surface area contributed by atoms with Gasteiger partial charge in [0, 0.05) is 6.54 Å². The van der Waals surface area contributed by atoms with Gasteiger partial charge in [-0.3, -0.25) is 4.79 Å². The van der Waals surface area contributed by atoms with E-state index in [0.717, 1.165) is 38.8 Å². The van der Waals surface area contributed by atoms with Crippen LogP contribution in [0.25, 0.3) is 0 Å². The van der Waals surface area contributed by atoms with Gasteiger partial charge in [-0.15, -0.1) is 0 Å². The summed E-state index contributed by atoms with van der Waals surface area (Å²) in [7, 11) is 0. The second kappa shape index (κ2) is 6.83. The molecule has 0 radical (unpaired) electrons. The Morgan fingerprint density at radius 1 is 1.60 bits per heavy atom. The molecule has 15 heavy (non-hydrogen) atoms. The molecule has 1 aliphatic rings. The van der Waals surface area contributed by atoms with Crippen molar-refractivity contribution in [3.8, 4) is 0 Å². The first-order valence-corrected chi connectivity index (χ1v) is 6.11. The second-order valence-electron chi connectivity index (χ2n) is 4.57. The van der Waals surface area contributed by atoms with E-state index < -0.39 is 0 Å². The molecular formula is C12H23NO2. The van der Waals surface area contributed by atoms with Crippen molar-refractivity contribution in [1.29, 1.82) is 0 Å². The van der Waals surface area contributed by atoms with Crippen LogP contribution >= 0.6 is 0 Å². The summed E-state index contributed by atoms with van der Waals surface area (Å²) in [5.41, 5.74) is 0. The average Bonchev–Trinajstić information content (AvgIpc) is 2.27. The van der Waals surface area contributed by atoms with E-state index in [9.17, 15) is 4.79 Å². The molecule has 1 saturated heterocycles. The minimum Gasteiger partial charge on any atom is -0.465 e. The lowest BCUT2D eigenvalue weighted by molar-refractivity contribution is -0.150. The molecule has 0 spiro atoms. The molecule has 0 bridgehead atoms. The Hall–Kier alpha value is -0.570. The Bertz CT molecular complexity index is 188. The van der Waals surface area contributed by atoms with Crippen LogP contribution in [0.4, 0.5) is 0 Å². The smallest absolute Gasteiger partial charge is 0.310 e. The minimum atomic E-state index is -0.00912. The Balaban J connectivity index is 2.16. The molecule has 1 rings (SSSR count). The molecule has 3 heteroatoms. The molecule has 2 atom stereocenters. The van der Waals surface area contributed by atoms with Crippen molar-refractivity contribution in [2.45, 2.75) is 39.5 Å². The van der Waals surface area contributed by atoms with Crippen LogP contribution in [0.3, 0.4) is 0 Å². The zero-order valence-corrected chi connectivity index (χ0v) is 9.92. The molecule has 1 unspecified atom stereocenters. The lowest BCUT2D eigenvalue weighted by Crippen LogP contribution is -2.35. The number of hydrogen-bond donors (Lipinski definition) is 1. The number of piperidine rings is 1. The number of hydrogen-bond acceptors (Lipinski definition) is 3. The van der Waals surface area contributed by atoms with Crippen molar-refractivity contribution in [3.05, 3.63) is 0 Å². The Morgan fingerprint density at radius 2 is 2.40 bits per heavy atom. The maximum Gasteiger partial charge on any atom is 0.310 e. The highest BCUT2D eigenvalue weighted by Crippen LogP contribution is 2.13. The van der Waals surface area contributed by atoms with E-state index in [0.29, 0.717) is 12.5 Å². The molecule has 1 fully saturated rings. The van der Waals surface area contributed by atoms with Crippen LogP contribution in [0, 0.1) is 11.8 Å². The standard InChI is InChI=1S/C12H23NO2/c1-3-5-10(2)9-15-12(14)11-6-4-7-13-8-11/h10-11,13H,3-9H2,1-2H3/t10?,11-/m1/s1. The lowest BCUT2D eigenvalue weighted by Gasteiger charge is -2.22. The van der Waals surface area contributed by atoms with Gasteiger partial charge in [-0.1, -0.05) is 20.3 Å². The van der Waals surface area contributed by atoms with Crippen molar-refractivity contribution < 1.29 is 9.53 Å². The van der Waals surface area contributed by atoms with E-state index in [-0.39, 0.29) is 11.9 Å². The highest BCUT2D eigenvalue weighted by Gasteiger charge is 2.22. The topological polar surface area (TPSA) is 38.3 Å². The molecule has 88 valence electrons. The molecule has 0 aliphatic carbocycles. The van der Waals surface area contributed by atoms with Crippen LogP contribution in [-0.2, 0) is 9.53 Å². The van der Waals surface area contributed by atoms with Gasteiger partial charge in [0.05, 0.1) is 12.5 Å². The zero-order chi connectivity index (χ0) is 11.1. The molecule has 0 saturated carbocycles. The van der Waals surface area contributed by atoms with Gasteiger partial charge in [0.1, 0.15) is 0 Å². The monoisotopic (exact) mass is 213 g/mol. The fourth-order valence-corrected chi connectivity index (χ4v) is 1.97. The van der Waals surface area contributed by atoms with Crippen LogP contribution in [0.5, 0.6) is 0 Å². The van der Waals surface area contributed by atoms with Crippen molar-refractivity contribution >= 4 is 5.97 Å². The minimum absolute atomic E-state index is 0.00912. The summed E-state index contributed by atoms with van der Waals surface area (Å²) in [6, 6.07) is 0. The molecule has 0 aromatic carbocycles. The van der Waals surface area contributed by atoms with Crippen molar-refractivity contribution in [1.82, 2.24) is 5.32 Å². The maximum absolute atomic E-state index is 11.6. The first kappa shape index (κ1) is 12.5. The maximum atomic E-state index is 11.6. The number of nitrogens with one attached hydrogen (secondary N) is 1. The van der Waals surface area contributed by atoms with Gasteiger partial charge in [-0.05, 0) is 31.7 Å². The zero-order valence-electron chi connectivity index (χ0n) is 9.92. The fraction of sp³-hybridized carbons (Fsp3) is 0.917. The second-order valence-corrected chi connectivity index (χ2v) is 4.57. The molecule has 0 aromatic heterocycles. The molecule has 0 amide bonds. The summed E-state index contributed by atoms with van der Waals surface area (Å²) in [6.07, 6.45) is 4.36. The van der Waals surface area contributed by atoms with Crippen LogP contribution in [0.2, 0.25) is 0 Å². The third kappa shape index (κ3) is 4.65. The largest absolute Gasteiger partial charge is 0.465 e. The molecule has 1 heterocycles. The van der Waals surface area contributed by atoms with Crippen molar-refractivity contribution in [2.75, 3.05) is 19.7 Å². The molecule has 0 aromatic rings. The fourth-order valence-electron chi connectivity index (χ4n) is 1.97. The van der Waals surface area contributed by atoms with Crippen molar-refractivity contribution in [3.63, 3.8) is 0 Å². The normalized spacial score (nSPS) is 23.5. The van der Waals surface area contributed by atoms with Crippen LogP contribution in [0.15, 0.2) is 0 Å². The van der Waals surface area contributed by atoms with E-state index in [1.807, 2.05) is 0 Å². The SMILES string of the molecule is CCCC(C)COC(=O)[C@@H]1CCCNC1. The molecular weight excluding hydrogens is 190 g/mol. The summed E-state index contributed by atoms with van der Waals surface area (Å²) in [5.74, 6) is 0.577. The summed E-state index contributed by atoms with van der Waals surface area (Å²) < 4.78 is 5.32. The van der Waals surface area contributed by atoms with Gasteiger partial charge < -0.3 is 10.1 Å². The Morgan fingerprint density at radius 3 is 3.00 bits per heavy atom. The predicted octanol–water partition coefficient (Wildman–Crippen LogP) is 1.97. The Labute approximate surface area is 92.6 Å². The van der Waals surface area contributed by atoms with Gasteiger partial charge in [0.15, 0.2) is 0 Å².